The van der Waals surface area contributed by atoms with Crippen molar-refractivity contribution in [1.29, 1.82) is 0 Å². The second-order valence-corrected chi connectivity index (χ2v) is 7.71. The van der Waals surface area contributed by atoms with E-state index in [9.17, 15) is 14.0 Å². The number of halogens is 1. The van der Waals surface area contributed by atoms with E-state index in [1.165, 1.54) is 12.1 Å². The van der Waals surface area contributed by atoms with Gasteiger partial charge in [-0.3, -0.25) is 9.59 Å². The fraction of sp³-hybridized carbons (Fsp3) is 0.600. The third-order valence-corrected chi connectivity index (χ3v) is 4.84. The van der Waals surface area contributed by atoms with Crippen LogP contribution in [-0.4, -0.2) is 45.2 Å². The van der Waals surface area contributed by atoms with E-state index in [4.69, 9.17) is 4.74 Å². The summed E-state index contributed by atoms with van der Waals surface area (Å²) in [6.45, 7) is 6.67. The van der Waals surface area contributed by atoms with E-state index in [1.54, 1.807) is 7.11 Å². The van der Waals surface area contributed by atoms with Crippen LogP contribution in [0.1, 0.15) is 43.5 Å². The number of carbonyl (C=O) groups excluding carboxylic acids is 2. The molecule has 2 amide bonds. The summed E-state index contributed by atoms with van der Waals surface area (Å²) < 4.78 is 19.6. The Morgan fingerprint density at radius 2 is 2.00 bits per heavy atom. The van der Waals surface area contributed by atoms with E-state index in [1.807, 2.05) is 13.8 Å². The molecule has 150 valence electrons. The number of hydrogen-bond donors (Lipinski definition) is 3. The Balaban J connectivity index is 1.98. The number of hydrogen-bond acceptors (Lipinski definition) is 4. The molecule has 1 aromatic carbocycles. The summed E-state index contributed by atoms with van der Waals surface area (Å²) in [7, 11) is 1.66. The van der Waals surface area contributed by atoms with Crippen LogP contribution >= 0.6 is 0 Å². The van der Waals surface area contributed by atoms with Gasteiger partial charge in [0, 0.05) is 31.1 Å². The lowest BCUT2D eigenvalue weighted by molar-refractivity contribution is -0.116. The number of carbonyl (C=O) groups is 2. The van der Waals surface area contributed by atoms with Crippen LogP contribution in [-0.2, 0) is 9.53 Å². The Hall–Kier alpha value is -1.99. The van der Waals surface area contributed by atoms with Gasteiger partial charge in [-0.25, -0.2) is 4.39 Å². The van der Waals surface area contributed by atoms with E-state index in [-0.39, 0.29) is 34.4 Å². The van der Waals surface area contributed by atoms with Gasteiger partial charge in [0.15, 0.2) is 0 Å². The van der Waals surface area contributed by atoms with Gasteiger partial charge in [-0.05, 0) is 50.0 Å². The number of rotatable bonds is 8. The summed E-state index contributed by atoms with van der Waals surface area (Å²) >= 11 is 0. The fourth-order valence-electron chi connectivity index (χ4n) is 3.34. The maximum atomic E-state index is 14.3. The van der Waals surface area contributed by atoms with Crippen molar-refractivity contribution in [3.8, 4) is 0 Å². The molecule has 6 nitrogen and oxygen atoms in total. The smallest absolute Gasteiger partial charge is 0.251 e. The number of nitrogens with one attached hydrogen (secondary N) is 3. The Morgan fingerprint density at radius 1 is 1.30 bits per heavy atom. The maximum Gasteiger partial charge on any atom is 0.251 e. The van der Waals surface area contributed by atoms with Crippen molar-refractivity contribution >= 4 is 17.5 Å². The van der Waals surface area contributed by atoms with Crippen LogP contribution in [0.25, 0.3) is 0 Å². The van der Waals surface area contributed by atoms with E-state index >= 15 is 0 Å². The first-order valence-corrected chi connectivity index (χ1v) is 9.42. The number of piperidine rings is 1. The molecule has 0 aromatic heterocycles. The zero-order valence-electron chi connectivity index (χ0n) is 16.4. The Bertz CT molecular complexity index is 652. The minimum absolute atomic E-state index is 0.0893. The highest BCUT2D eigenvalue weighted by atomic mass is 19.1. The van der Waals surface area contributed by atoms with Crippen molar-refractivity contribution in [3.05, 3.63) is 29.6 Å². The second kappa shape index (κ2) is 9.80. The molecule has 0 aliphatic carbocycles. The molecule has 2 rings (SSSR count). The van der Waals surface area contributed by atoms with Gasteiger partial charge in [-0.1, -0.05) is 13.8 Å². The van der Waals surface area contributed by atoms with Gasteiger partial charge >= 0.3 is 0 Å². The fourth-order valence-corrected chi connectivity index (χ4v) is 3.34. The van der Waals surface area contributed by atoms with Gasteiger partial charge in [0.05, 0.1) is 12.3 Å². The molecule has 0 radical (unpaired) electrons. The first-order valence-electron chi connectivity index (χ1n) is 9.42. The molecule has 1 fully saturated rings. The molecule has 3 N–H and O–H groups in total. The summed E-state index contributed by atoms with van der Waals surface area (Å²) in [5.41, 5.74) is 0.223. The van der Waals surface area contributed by atoms with Crippen molar-refractivity contribution in [2.45, 2.75) is 33.1 Å². The van der Waals surface area contributed by atoms with Gasteiger partial charge in [0.2, 0.25) is 5.91 Å². The monoisotopic (exact) mass is 379 g/mol. The third-order valence-electron chi connectivity index (χ3n) is 4.84. The quantitative estimate of drug-likeness (QED) is 0.649. The zero-order chi connectivity index (χ0) is 19.9. The summed E-state index contributed by atoms with van der Waals surface area (Å²) in [5.74, 6) is -1.00. The third kappa shape index (κ3) is 6.29. The standard InChI is InChI=1S/C20H30FN3O3/c1-14(2)10-18(25)24-17-5-4-15(11-16(17)21)19(26)23-12-20(13-27-3)6-8-22-9-7-20/h4-5,11,14,22H,6-10,12-13H2,1-3H3,(H,23,26)(H,24,25). The molecule has 1 heterocycles. The number of ether oxygens (including phenoxy) is 1. The van der Waals surface area contributed by atoms with Crippen LogP contribution in [0.4, 0.5) is 10.1 Å². The molecule has 0 unspecified atom stereocenters. The van der Waals surface area contributed by atoms with Crippen LogP contribution in [0.2, 0.25) is 0 Å². The predicted octanol–water partition coefficient (Wildman–Crippen LogP) is 2.56. The Labute approximate surface area is 160 Å². The highest BCUT2D eigenvalue weighted by Gasteiger charge is 2.32. The van der Waals surface area contributed by atoms with Crippen LogP contribution in [0.3, 0.4) is 0 Å². The van der Waals surface area contributed by atoms with Gasteiger partial charge in [-0.15, -0.1) is 0 Å². The van der Waals surface area contributed by atoms with Crippen LogP contribution in [0.15, 0.2) is 18.2 Å². The molecule has 1 aliphatic heterocycles. The first kappa shape index (κ1) is 21.3. The van der Waals surface area contributed by atoms with Crippen molar-refractivity contribution in [2.75, 3.05) is 38.7 Å². The minimum Gasteiger partial charge on any atom is -0.384 e. The summed E-state index contributed by atoms with van der Waals surface area (Å²) in [4.78, 5) is 24.2. The number of anilines is 1. The Morgan fingerprint density at radius 3 is 2.59 bits per heavy atom. The average molecular weight is 379 g/mol. The molecule has 1 saturated heterocycles. The predicted molar refractivity (Wildman–Crippen MR) is 103 cm³/mol. The lowest BCUT2D eigenvalue weighted by atomic mass is 9.79. The van der Waals surface area contributed by atoms with E-state index < -0.39 is 5.82 Å². The average Bonchev–Trinajstić information content (AvgIpc) is 2.62. The lowest BCUT2D eigenvalue weighted by Gasteiger charge is -2.37. The van der Waals surface area contributed by atoms with E-state index in [0.29, 0.717) is 19.6 Å². The highest BCUT2D eigenvalue weighted by molar-refractivity contribution is 5.96. The van der Waals surface area contributed by atoms with Crippen LogP contribution in [0.5, 0.6) is 0 Å². The largest absolute Gasteiger partial charge is 0.384 e. The maximum absolute atomic E-state index is 14.3. The summed E-state index contributed by atoms with van der Waals surface area (Å²) in [6, 6.07) is 4.11. The Kier molecular flexibility index (Phi) is 7.74. The normalized spacial score (nSPS) is 16.2. The molecule has 0 saturated carbocycles. The molecule has 7 heteroatoms. The first-order chi connectivity index (χ1) is 12.8. The van der Waals surface area contributed by atoms with Gasteiger partial charge in [-0.2, -0.15) is 0 Å². The van der Waals surface area contributed by atoms with Crippen molar-refractivity contribution in [2.24, 2.45) is 11.3 Å². The van der Waals surface area contributed by atoms with Gasteiger partial charge in [0.1, 0.15) is 5.82 Å². The summed E-state index contributed by atoms with van der Waals surface area (Å²) in [5, 5.41) is 8.76. The van der Waals surface area contributed by atoms with Crippen LogP contribution in [0, 0.1) is 17.2 Å². The van der Waals surface area contributed by atoms with Crippen molar-refractivity contribution < 1.29 is 18.7 Å². The zero-order valence-corrected chi connectivity index (χ0v) is 16.4. The van der Waals surface area contributed by atoms with E-state index in [0.717, 1.165) is 32.0 Å². The molecule has 27 heavy (non-hydrogen) atoms. The van der Waals surface area contributed by atoms with Gasteiger partial charge in [0.25, 0.3) is 5.91 Å². The molecular weight excluding hydrogens is 349 g/mol. The van der Waals surface area contributed by atoms with Gasteiger partial charge < -0.3 is 20.7 Å². The second-order valence-electron chi connectivity index (χ2n) is 7.71. The SMILES string of the molecule is COCC1(CNC(=O)c2ccc(NC(=O)CC(C)C)c(F)c2)CCNCC1. The van der Waals surface area contributed by atoms with Crippen molar-refractivity contribution in [3.63, 3.8) is 0 Å². The van der Waals surface area contributed by atoms with E-state index in [2.05, 4.69) is 16.0 Å². The highest BCUT2D eigenvalue weighted by Crippen LogP contribution is 2.28. The molecule has 0 atom stereocenters. The molecule has 1 aromatic rings. The lowest BCUT2D eigenvalue weighted by Crippen LogP contribution is -2.47. The number of methoxy groups -OCH3 is 1. The molecule has 0 spiro atoms. The summed E-state index contributed by atoms with van der Waals surface area (Å²) in [6.07, 6.45) is 2.14. The topological polar surface area (TPSA) is 79.5 Å². The molecule has 0 bridgehead atoms. The molecular formula is C20H30FN3O3. The number of amides is 2. The minimum atomic E-state index is -0.617. The van der Waals surface area contributed by atoms with Crippen LogP contribution < -0.4 is 16.0 Å². The number of benzene rings is 1. The molecule has 1 aliphatic rings. The van der Waals surface area contributed by atoms with Crippen molar-refractivity contribution in [1.82, 2.24) is 10.6 Å².